The number of benzene rings is 7. The highest BCUT2D eigenvalue weighted by atomic mass is 16.1. The van der Waals surface area contributed by atoms with Crippen molar-refractivity contribution < 1.29 is 9.59 Å². The summed E-state index contributed by atoms with van der Waals surface area (Å²) in [7, 11) is 0. The highest BCUT2D eigenvalue weighted by Gasteiger charge is 2.37. The molecule has 0 fully saturated rings. The zero-order chi connectivity index (χ0) is 36.2. The third-order valence-electron chi connectivity index (χ3n) is 13.9. The standard InChI is InChI=1S/C50H36N2O2/c1-49(2)15-13-27-17-33-35-19-25-9-5-7-11-29(25)43-37-24-42-38(23-41(37)51(45(35)43)39(33)21-31(27)47(49)53)44-30-12-8-6-10-26(30)20-36-34-18-28-14-16-50(3,4)48(54)32(28)22-40(34)52(42)46(36)44/h5-12,17-24H,13-16H2,1-4H3. The first-order valence-electron chi connectivity index (χ1n) is 19.4. The van der Waals surface area contributed by atoms with Crippen molar-refractivity contribution in [3.05, 3.63) is 119 Å². The first-order chi connectivity index (χ1) is 26.1. The number of fused-ring (bicyclic) bond motifs is 18. The molecule has 0 saturated carbocycles. The van der Waals surface area contributed by atoms with E-state index < -0.39 is 0 Å². The van der Waals surface area contributed by atoms with Crippen LogP contribution < -0.4 is 0 Å². The number of carbonyl (C=O) groups is 2. The molecule has 11 aromatic rings. The van der Waals surface area contributed by atoms with E-state index in [0.29, 0.717) is 0 Å². The normalized spacial score (nSPS) is 17.3. The maximum absolute atomic E-state index is 13.9. The van der Waals surface area contributed by atoms with Gasteiger partial charge in [-0.1, -0.05) is 76.2 Å². The number of aromatic nitrogens is 2. The van der Waals surface area contributed by atoms with E-state index in [-0.39, 0.29) is 22.4 Å². The van der Waals surface area contributed by atoms with Gasteiger partial charge in [0.05, 0.1) is 33.1 Å². The maximum atomic E-state index is 13.9. The molecule has 2 aliphatic rings. The van der Waals surface area contributed by atoms with Gasteiger partial charge in [-0.25, -0.2) is 0 Å². The summed E-state index contributed by atoms with van der Waals surface area (Å²) in [6.07, 6.45) is 3.57. The van der Waals surface area contributed by atoms with Gasteiger partial charge in [0.15, 0.2) is 11.6 Å². The molecule has 258 valence electrons. The molecule has 0 N–H and O–H groups in total. The number of hydrogen-bond acceptors (Lipinski definition) is 2. The van der Waals surface area contributed by atoms with Gasteiger partial charge in [0.25, 0.3) is 0 Å². The maximum Gasteiger partial charge on any atom is 0.168 e. The Morgan fingerprint density at radius 2 is 0.852 bits per heavy atom. The molecule has 2 aliphatic carbocycles. The SMILES string of the molecule is CC1(C)CCc2cc3c4cc5ccccc5c5c6cc7c(cc6n(c3cc2C1=O)c45)c1c2ccccc2cc2c3cc4c(cc3n7c21)C(=O)C(C)(C)CC4. The Morgan fingerprint density at radius 3 is 1.30 bits per heavy atom. The molecule has 0 amide bonds. The van der Waals surface area contributed by atoms with E-state index in [0.717, 1.165) is 58.9 Å². The van der Waals surface area contributed by atoms with Crippen molar-refractivity contribution in [3.8, 4) is 0 Å². The van der Waals surface area contributed by atoms with Gasteiger partial charge in [0.2, 0.25) is 0 Å². The first-order valence-corrected chi connectivity index (χ1v) is 19.4. The predicted molar refractivity (Wildman–Crippen MR) is 224 cm³/mol. The number of rotatable bonds is 0. The topological polar surface area (TPSA) is 43.0 Å². The van der Waals surface area contributed by atoms with Gasteiger partial charge < -0.3 is 8.80 Å². The van der Waals surface area contributed by atoms with Crippen LogP contribution in [0, 0.1) is 10.8 Å². The quantitative estimate of drug-likeness (QED) is 0.158. The molecule has 0 aliphatic heterocycles. The molecule has 4 heteroatoms. The Labute approximate surface area is 310 Å². The van der Waals surface area contributed by atoms with Gasteiger partial charge in [-0.05, 0) is 107 Å². The van der Waals surface area contributed by atoms with Crippen LogP contribution in [0.4, 0.5) is 0 Å². The van der Waals surface area contributed by atoms with Crippen molar-refractivity contribution in [2.45, 2.75) is 53.4 Å². The summed E-state index contributed by atoms with van der Waals surface area (Å²) in [6.45, 7) is 8.37. The molecule has 54 heavy (non-hydrogen) atoms. The summed E-state index contributed by atoms with van der Waals surface area (Å²) in [5.74, 6) is 0.490. The number of carbonyl (C=O) groups excluding carboxylic acids is 2. The summed E-state index contributed by atoms with van der Waals surface area (Å²) in [4.78, 5) is 27.9. The Bertz CT molecular complexity index is 3350. The lowest BCUT2D eigenvalue weighted by Crippen LogP contribution is -2.30. The van der Waals surface area contributed by atoms with Crippen molar-refractivity contribution >= 4 is 109 Å². The zero-order valence-corrected chi connectivity index (χ0v) is 30.8. The van der Waals surface area contributed by atoms with Crippen LogP contribution in [0.1, 0.15) is 72.4 Å². The fourth-order valence-corrected chi connectivity index (χ4v) is 10.9. The fraction of sp³-hybridized carbons (Fsp3) is 0.200. The molecule has 0 atom stereocenters. The van der Waals surface area contributed by atoms with Gasteiger partial charge in [0.1, 0.15) is 0 Å². The molecule has 0 radical (unpaired) electrons. The van der Waals surface area contributed by atoms with Crippen LogP contribution in [0.5, 0.6) is 0 Å². The minimum Gasteiger partial charge on any atom is -0.308 e. The van der Waals surface area contributed by atoms with E-state index in [1.165, 1.54) is 86.8 Å². The largest absolute Gasteiger partial charge is 0.308 e. The second-order valence-electron chi connectivity index (χ2n) is 17.8. The van der Waals surface area contributed by atoms with E-state index in [9.17, 15) is 9.59 Å². The molecule has 0 bridgehead atoms. The second-order valence-corrected chi connectivity index (χ2v) is 17.8. The van der Waals surface area contributed by atoms with Gasteiger partial charge in [-0.3, -0.25) is 9.59 Å². The number of Topliss-reactive ketones (excluding diaryl/α,β-unsaturated/α-hetero) is 2. The highest BCUT2D eigenvalue weighted by molar-refractivity contribution is 6.36. The molecule has 7 aromatic carbocycles. The van der Waals surface area contributed by atoms with Gasteiger partial charge in [-0.15, -0.1) is 0 Å². The molecular formula is C50H36N2O2. The average Bonchev–Trinajstić information content (AvgIpc) is 3.88. The van der Waals surface area contributed by atoms with Crippen LogP contribution in [0.2, 0.25) is 0 Å². The van der Waals surface area contributed by atoms with E-state index in [1.54, 1.807) is 0 Å². The van der Waals surface area contributed by atoms with Gasteiger partial charge in [0, 0.05) is 65.0 Å². The third-order valence-corrected chi connectivity index (χ3v) is 13.9. The molecule has 4 heterocycles. The predicted octanol–water partition coefficient (Wildman–Crippen LogP) is 12.6. The Hall–Kier alpha value is -6.00. The van der Waals surface area contributed by atoms with E-state index in [2.05, 4.69) is 134 Å². The lowest BCUT2D eigenvalue weighted by molar-refractivity contribution is 0.0805. The van der Waals surface area contributed by atoms with Gasteiger partial charge in [-0.2, -0.15) is 0 Å². The number of aryl methyl sites for hydroxylation is 2. The summed E-state index contributed by atoms with van der Waals surface area (Å²) >= 11 is 0. The summed E-state index contributed by atoms with van der Waals surface area (Å²) in [6, 6.07) is 36.2. The first kappa shape index (κ1) is 29.5. The van der Waals surface area contributed by atoms with Crippen LogP contribution in [-0.2, 0) is 12.8 Å². The van der Waals surface area contributed by atoms with Crippen LogP contribution in [-0.4, -0.2) is 20.4 Å². The minimum absolute atomic E-state index is 0.245. The van der Waals surface area contributed by atoms with Crippen molar-refractivity contribution in [1.82, 2.24) is 8.80 Å². The minimum atomic E-state index is -0.369. The Balaban J connectivity index is 1.27. The molecule has 13 rings (SSSR count). The zero-order valence-electron chi connectivity index (χ0n) is 30.8. The van der Waals surface area contributed by atoms with Crippen molar-refractivity contribution in [1.29, 1.82) is 0 Å². The summed E-state index contributed by atoms with van der Waals surface area (Å²) in [5.41, 5.74) is 10.3. The lowest BCUT2D eigenvalue weighted by Gasteiger charge is -2.29. The van der Waals surface area contributed by atoms with Crippen LogP contribution in [0.3, 0.4) is 0 Å². The molecule has 0 unspecified atom stereocenters. The second kappa shape index (κ2) is 9.19. The lowest BCUT2D eigenvalue weighted by atomic mass is 9.73. The number of ketones is 2. The Morgan fingerprint density at radius 1 is 0.444 bits per heavy atom. The molecule has 4 aromatic heterocycles. The highest BCUT2D eigenvalue weighted by Crippen LogP contribution is 2.50. The summed E-state index contributed by atoms with van der Waals surface area (Å²) < 4.78 is 4.92. The summed E-state index contributed by atoms with van der Waals surface area (Å²) in [5, 5.41) is 14.8. The van der Waals surface area contributed by atoms with E-state index in [1.807, 2.05) is 0 Å². The van der Waals surface area contributed by atoms with Crippen molar-refractivity contribution in [2.75, 3.05) is 0 Å². The third kappa shape index (κ3) is 3.30. The van der Waals surface area contributed by atoms with Crippen molar-refractivity contribution in [2.24, 2.45) is 10.8 Å². The van der Waals surface area contributed by atoms with E-state index >= 15 is 0 Å². The van der Waals surface area contributed by atoms with Crippen LogP contribution >= 0.6 is 0 Å². The van der Waals surface area contributed by atoms with E-state index in [4.69, 9.17) is 0 Å². The molecule has 0 saturated heterocycles. The van der Waals surface area contributed by atoms with Crippen molar-refractivity contribution in [3.63, 3.8) is 0 Å². The Kier molecular flexibility index (Phi) is 5.02. The monoisotopic (exact) mass is 696 g/mol. The average molecular weight is 697 g/mol. The van der Waals surface area contributed by atoms with Crippen LogP contribution in [0.15, 0.2) is 97.1 Å². The number of nitrogens with zero attached hydrogens (tertiary/aromatic N) is 2. The smallest absolute Gasteiger partial charge is 0.168 e. The molecule has 4 nitrogen and oxygen atoms in total. The van der Waals surface area contributed by atoms with Crippen LogP contribution in [0.25, 0.3) is 97.7 Å². The number of hydrogen-bond donors (Lipinski definition) is 0. The molecule has 0 spiro atoms. The fourth-order valence-electron chi connectivity index (χ4n) is 10.9. The molecular weight excluding hydrogens is 661 g/mol. The van der Waals surface area contributed by atoms with Gasteiger partial charge >= 0.3 is 0 Å².